The molecule has 0 radical (unpaired) electrons. The Hall–Kier alpha value is -2.09. The Morgan fingerprint density at radius 3 is 2.15 bits per heavy atom. The molecule has 2 nitrogen and oxygen atoms in total. The molecule has 2 heteroatoms. The third kappa shape index (κ3) is 1.36. The normalized spacial score (nSPS) is 25.3. The monoisotopic (exact) mass is 264 g/mol. The molecule has 0 spiro atoms. The van der Waals surface area contributed by atoms with Crippen molar-refractivity contribution in [3.05, 3.63) is 70.8 Å². The van der Waals surface area contributed by atoms with Gasteiger partial charge in [0.25, 0.3) is 0 Å². The summed E-state index contributed by atoms with van der Waals surface area (Å²) in [6, 6.07) is 17.1. The highest BCUT2D eigenvalue weighted by Gasteiger charge is 2.52. The zero-order valence-electron chi connectivity index (χ0n) is 11.2. The van der Waals surface area contributed by atoms with E-state index in [9.17, 15) is 4.79 Å². The number of carboxylic acids is 1. The van der Waals surface area contributed by atoms with Gasteiger partial charge in [-0.25, -0.2) is 0 Å². The van der Waals surface area contributed by atoms with E-state index in [-0.39, 0.29) is 11.8 Å². The molecular formula is C18H16O2. The van der Waals surface area contributed by atoms with Crippen LogP contribution < -0.4 is 0 Å². The van der Waals surface area contributed by atoms with Gasteiger partial charge in [0.1, 0.15) is 0 Å². The van der Waals surface area contributed by atoms with Crippen LogP contribution in [0.1, 0.15) is 47.4 Å². The van der Waals surface area contributed by atoms with Crippen molar-refractivity contribution in [3.63, 3.8) is 0 Å². The van der Waals surface area contributed by atoms with E-state index in [1.165, 1.54) is 22.3 Å². The van der Waals surface area contributed by atoms with Crippen molar-refractivity contribution in [2.75, 3.05) is 0 Å². The van der Waals surface area contributed by atoms with Crippen LogP contribution in [0.2, 0.25) is 0 Å². The van der Waals surface area contributed by atoms with E-state index < -0.39 is 5.97 Å². The van der Waals surface area contributed by atoms with Crippen molar-refractivity contribution in [1.82, 2.24) is 0 Å². The van der Waals surface area contributed by atoms with Gasteiger partial charge < -0.3 is 5.11 Å². The minimum atomic E-state index is -0.704. The number of carbonyl (C=O) groups is 1. The topological polar surface area (TPSA) is 37.3 Å². The van der Waals surface area contributed by atoms with E-state index >= 15 is 0 Å². The van der Waals surface area contributed by atoms with Crippen LogP contribution in [0, 0.1) is 0 Å². The molecule has 1 N–H and O–H groups in total. The maximum absolute atomic E-state index is 11.1. The molecule has 20 heavy (non-hydrogen) atoms. The maximum Gasteiger partial charge on any atom is 0.303 e. The highest BCUT2D eigenvalue weighted by atomic mass is 16.4. The zero-order valence-corrected chi connectivity index (χ0v) is 11.2. The number of aliphatic carboxylic acids is 1. The van der Waals surface area contributed by atoms with Crippen molar-refractivity contribution in [2.24, 2.45) is 0 Å². The highest BCUT2D eigenvalue weighted by molar-refractivity contribution is 5.69. The Morgan fingerprint density at radius 1 is 1.05 bits per heavy atom. The summed E-state index contributed by atoms with van der Waals surface area (Å²) in [6.07, 6.45) is 1.97. The third-order valence-corrected chi connectivity index (χ3v) is 5.02. The SMILES string of the molecule is O=C(O)CCC12CC(c3ccccc31)c1ccccc12. The number of fused-ring (bicyclic) bond motifs is 8. The first-order valence-corrected chi connectivity index (χ1v) is 7.13. The lowest BCUT2D eigenvalue weighted by Gasteiger charge is -2.31. The Balaban J connectivity index is 1.91. The predicted molar refractivity (Wildman–Crippen MR) is 77.0 cm³/mol. The molecule has 100 valence electrons. The summed E-state index contributed by atoms with van der Waals surface area (Å²) in [6.45, 7) is 0. The van der Waals surface area contributed by atoms with E-state index in [0.29, 0.717) is 12.3 Å². The molecule has 2 bridgehead atoms. The van der Waals surface area contributed by atoms with Crippen molar-refractivity contribution < 1.29 is 9.90 Å². The first kappa shape index (κ1) is 11.7. The molecule has 2 aromatic carbocycles. The van der Waals surface area contributed by atoms with Crippen LogP contribution in [0.5, 0.6) is 0 Å². The first-order chi connectivity index (χ1) is 9.72. The molecule has 4 rings (SSSR count). The summed E-state index contributed by atoms with van der Waals surface area (Å²) in [5.41, 5.74) is 5.43. The summed E-state index contributed by atoms with van der Waals surface area (Å²) in [4.78, 5) is 11.1. The second kappa shape index (κ2) is 3.95. The van der Waals surface area contributed by atoms with Crippen LogP contribution in [0.4, 0.5) is 0 Å². The van der Waals surface area contributed by atoms with Crippen LogP contribution >= 0.6 is 0 Å². The van der Waals surface area contributed by atoms with Gasteiger partial charge in [-0.2, -0.15) is 0 Å². The molecule has 0 fully saturated rings. The van der Waals surface area contributed by atoms with Crippen LogP contribution in [0.15, 0.2) is 48.5 Å². The molecule has 0 aromatic heterocycles. The molecule has 0 aliphatic heterocycles. The molecule has 0 amide bonds. The van der Waals surface area contributed by atoms with Gasteiger partial charge in [0.05, 0.1) is 0 Å². The summed E-state index contributed by atoms with van der Waals surface area (Å²) in [5.74, 6) is -0.249. The molecule has 2 aliphatic carbocycles. The number of hydrogen-bond acceptors (Lipinski definition) is 1. The van der Waals surface area contributed by atoms with E-state index in [4.69, 9.17) is 5.11 Å². The van der Waals surface area contributed by atoms with Gasteiger partial charge in [-0.15, -0.1) is 0 Å². The second-order valence-corrected chi connectivity index (χ2v) is 5.91. The van der Waals surface area contributed by atoms with Gasteiger partial charge in [0, 0.05) is 17.8 Å². The van der Waals surface area contributed by atoms with E-state index in [1.54, 1.807) is 0 Å². The van der Waals surface area contributed by atoms with Crippen molar-refractivity contribution >= 4 is 5.97 Å². The first-order valence-electron chi connectivity index (χ1n) is 7.13. The van der Waals surface area contributed by atoms with Crippen molar-refractivity contribution in [1.29, 1.82) is 0 Å². The molecule has 0 atom stereocenters. The molecule has 0 heterocycles. The van der Waals surface area contributed by atoms with E-state index in [0.717, 1.165) is 6.42 Å². The quantitative estimate of drug-likeness (QED) is 0.918. The average Bonchev–Trinajstić information content (AvgIpc) is 2.98. The van der Waals surface area contributed by atoms with Gasteiger partial charge in [0.15, 0.2) is 0 Å². The van der Waals surface area contributed by atoms with E-state index in [1.807, 2.05) is 0 Å². The highest BCUT2D eigenvalue weighted by Crippen LogP contribution is 2.61. The fraction of sp³-hybridized carbons (Fsp3) is 0.278. The standard InChI is InChI=1S/C18H16O2/c19-17(20)9-10-18-11-14(12-5-1-3-7-15(12)18)13-6-2-4-8-16(13)18/h1-8,14H,9-11H2,(H,19,20). The van der Waals surface area contributed by atoms with Gasteiger partial charge >= 0.3 is 5.97 Å². The number of rotatable bonds is 3. The predicted octanol–water partition coefficient (Wildman–Crippen LogP) is 3.69. The fourth-order valence-electron chi connectivity index (χ4n) is 4.27. The Kier molecular flexibility index (Phi) is 2.31. The van der Waals surface area contributed by atoms with Gasteiger partial charge in [-0.1, -0.05) is 48.5 Å². The minimum absolute atomic E-state index is 0.0732. The Morgan fingerprint density at radius 2 is 1.60 bits per heavy atom. The lowest BCUT2D eigenvalue weighted by molar-refractivity contribution is -0.137. The number of hydrogen-bond donors (Lipinski definition) is 1. The van der Waals surface area contributed by atoms with E-state index in [2.05, 4.69) is 48.5 Å². The molecule has 0 unspecified atom stereocenters. The summed E-state index contributed by atoms with van der Waals surface area (Å²) in [5, 5.41) is 9.09. The Labute approximate surface area is 118 Å². The molecular weight excluding hydrogens is 248 g/mol. The smallest absolute Gasteiger partial charge is 0.303 e. The summed E-state index contributed by atoms with van der Waals surface area (Å²) < 4.78 is 0. The minimum Gasteiger partial charge on any atom is -0.481 e. The number of benzene rings is 2. The third-order valence-electron chi connectivity index (χ3n) is 5.02. The number of carboxylic acid groups (broad SMARTS) is 1. The maximum atomic E-state index is 11.1. The Bertz CT molecular complexity index is 655. The second-order valence-electron chi connectivity index (χ2n) is 5.91. The summed E-state index contributed by atoms with van der Waals surface area (Å²) >= 11 is 0. The molecule has 2 aromatic rings. The zero-order chi connectivity index (χ0) is 13.7. The van der Waals surface area contributed by atoms with Crippen LogP contribution in [-0.2, 0) is 10.2 Å². The van der Waals surface area contributed by atoms with Crippen LogP contribution in [-0.4, -0.2) is 11.1 Å². The van der Waals surface area contributed by atoms with Gasteiger partial charge in [-0.05, 0) is 35.1 Å². The van der Waals surface area contributed by atoms with Gasteiger partial charge in [-0.3, -0.25) is 4.79 Å². The lowest BCUT2D eigenvalue weighted by Crippen LogP contribution is -2.25. The van der Waals surface area contributed by atoms with Crippen LogP contribution in [0.25, 0.3) is 0 Å². The van der Waals surface area contributed by atoms with Crippen molar-refractivity contribution in [3.8, 4) is 0 Å². The lowest BCUT2D eigenvalue weighted by atomic mass is 9.72. The largest absolute Gasteiger partial charge is 0.481 e. The average molecular weight is 264 g/mol. The summed E-state index contributed by atoms with van der Waals surface area (Å²) in [7, 11) is 0. The molecule has 2 aliphatic rings. The fourth-order valence-corrected chi connectivity index (χ4v) is 4.27. The molecule has 0 saturated carbocycles. The molecule has 0 saturated heterocycles. The van der Waals surface area contributed by atoms with Gasteiger partial charge in [0.2, 0.25) is 0 Å². The van der Waals surface area contributed by atoms with Crippen LogP contribution in [0.3, 0.4) is 0 Å². The van der Waals surface area contributed by atoms with Crippen molar-refractivity contribution in [2.45, 2.75) is 30.6 Å².